The van der Waals surface area contributed by atoms with E-state index in [0.717, 1.165) is 33.0 Å². The molecule has 0 fully saturated rings. The van der Waals surface area contributed by atoms with Gasteiger partial charge in [-0.2, -0.15) is 0 Å². The van der Waals surface area contributed by atoms with Crippen molar-refractivity contribution >= 4 is 34.3 Å². The first kappa shape index (κ1) is 15.9. The van der Waals surface area contributed by atoms with Crippen molar-refractivity contribution in [3.8, 4) is 0 Å². The lowest BCUT2D eigenvalue weighted by Gasteiger charge is -2.16. The summed E-state index contributed by atoms with van der Waals surface area (Å²) >= 11 is 9.22. The van der Waals surface area contributed by atoms with Crippen LogP contribution in [0.25, 0.3) is 0 Å². The van der Waals surface area contributed by atoms with Gasteiger partial charge in [0.1, 0.15) is 20.4 Å². The molecular weight excluding hydrogens is 310 g/mol. The standard InChI is InChI=1S/C14H20ClN3S2/c1-5-6-16-11(12-17-7-10(15)20-12)13-18-9(8-19-13)14(2,3)4/h7-8,11,16H,5-6H2,1-4H3. The minimum atomic E-state index is 0.0496. The van der Waals surface area contributed by atoms with Crippen LogP contribution < -0.4 is 5.32 Å². The summed E-state index contributed by atoms with van der Waals surface area (Å²) in [6.45, 7) is 9.63. The lowest BCUT2D eigenvalue weighted by molar-refractivity contribution is 0.557. The first-order valence-corrected chi connectivity index (χ1v) is 8.79. The Bertz CT molecular complexity index is 557. The highest BCUT2D eigenvalue weighted by Crippen LogP contribution is 2.32. The summed E-state index contributed by atoms with van der Waals surface area (Å²) in [6.07, 6.45) is 2.79. The Labute approximate surface area is 133 Å². The minimum absolute atomic E-state index is 0.0496. The Hall–Kier alpha value is -0.490. The monoisotopic (exact) mass is 329 g/mol. The van der Waals surface area contributed by atoms with Gasteiger partial charge in [0.25, 0.3) is 0 Å². The number of rotatable bonds is 5. The molecule has 1 atom stereocenters. The molecule has 0 aliphatic carbocycles. The maximum absolute atomic E-state index is 6.02. The van der Waals surface area contributed by atoms with Gasteiger partial charge in [-0.1, -0.05) is 39.3 Å². The van der Waals surface area contributed by atoms with E-state index in [1.165, 1.54) is 11.3 Å². The lowest BCUT2D eigenvalue weighted by atomic mass is 9.93. The van der Waals surface area contributed by atoms with Crippen molar-refractivity contribution in [3.05, 3.63) is 31.6 Å². The molecule has 0 amide bonds. The van der Waals surface area contributed by atoms with Gasteiger partial charge >= 0.3 is 0 Å². The molecule has 2 aromatic heterocycles. The minimum Gasteiger partial charge on any atom is -0.302 e. The third-order valence-electron chi connectivity index (χ3n) is 2.88. The molecule has 2 aromatic rings. The summed E-state index contributed by atoms with van der Waals surface area (Å²) in [5.74, 6) is 0. The molecule has 0 radical (unpaired) electrons. The van der Waals surface area contributed by atoms with Crippen LogP contribution in [0.2, 0.25) is 4.34 Å². The van der Waals surface area contributed by atoms with Gasteiger partial charge in [-0.05, 0) is 13.0 Å². The van der Waals surface area contributed by atoms with Crippen LogP contribution in [0.1, 0.15) is 55.9 Å². The number of thiazole rings is 2. The molecule has 0 saturated heterocycles. The van der Waals surface area contributed by atoms with Gasteiger partial charge < -0.3 is 5.32 Å². The Balaban J connectivity index is 2.29. The molecular formula is C14H20ClN3S2. The Morgan fingerprint density at radius 2 is 2.10 bits per heavy atom. The molecule has 0 aliphatic heterocycles. The van der Waals surface area contributed by atoms with Crippen molar-refractivity contribution in [2.24, 2.45) is 0 Å². The maximum atomic E-state index is 6.02. The molecule has 3 nitrogen and oxygen atoms in total. The zero-order valence-electron chi connectivity index (χ0n) is 12.2. The normalized spacial score (nSPS) is 13.7. The Kier molecular flexibility index (Phi) is 5.18. The molecule has 2 heterocycles. The SMILES string of the molecule is CCCNC(c1nc(C(C)(C)C)cs1)c1ncc(Cl)s1. The van der Waals surface area contributed by atoms with Crippen LogP contribution in [0.15, 0.2) is 11.6 Å². The molecule has 20 heavy (non-hydrogen) atoms. The second-order valence-corrected chi connectivity index (χ2v) is 8.29. The number of hydrogen-bond donors (Lipinski definition) is 1. The number of nitrogens with one attached hydrogen (secondary N) is 1. The third kappa shape index (κ3) is 3.79. The van der Waals surface area contributed by atoms with Crippen molar-refractivity contribution in [3.63, 3.8) is 0 Å². The van der Waals surface area contributed by atoms with E-state index >= 15 is 0 Å². The van der Waals surface area contributed by atoms with Gasteiger partial charge in [0, 0.05) is 10.8 Å². The van der Waals surface area contributed by atoms with E-state index in [1.54, 1.807) is 17.5 Å². The van der Waals surface area contributed by atoms with Crippen LogP contribution in [-0.4, -0.2) is 16.5 Å². The Morgan fingerprint density at radius 1 is 1.35 bits per heavy atom. The van der Waals surface area contributed by atoms with Crippen molar-refractivity contribution in [2.45, 2.75) is 45.6 Å². The third-order valence-corrected chi connectivity index (χ3v) is 4.97. The fraction of sp³-hybridized carbons (Fsp3) is 0.571. The summed E-state index contributed by atoms with van der Waals surface area (Å²) in [7, 11) is 0. The fourth-order valence-electron chi connectivity index (χ4n) is 1.73. The first-order valence-electron chi connectivity index (χ1n) is 6.72. The predicted molar refractivity (Wildman–Crippen MR) is 88.1 cm³/mol. The summed E-state index contributed by atoms with van der Waals surface area (Å²) in [4.78, 5) is 9.21. The number of aromatic nitrogens is 2. The van der Waals surface area contributed by atoms with E-state index in [1.807, 2.05) is 0 Å². The second-order valence-electron chi connectivity index (χ2n) is 5.71. The maximum Gasteiger partial charge on any atom is 0.118 e. The van der Waals surface area contributed by atoms with E-state index in [0.29, 0.717) is 0 Å². The fourth-order valence-corrected chi connectivity index (χ4v) is 3.94. The van der Waals surface area contributed by atoms with E-state index in [-0.39, 0.29) is 11.5 Å². The number of hydrogen-bond acceptors (Lipinski definition) is 5. The van der Waals surface area contributed by atoms with Crippen molar-refractivity contribution in [1.29, 1.82) is 0 Å². The summed E-state index contributed by atoms with van der Waals surface area (Å²) in [5, 5.41) is 7.71. The van der Waals surface area contributed by atoms with Crippen LogP contribution in [-0.2, 0) is 5.41 Å². The van der Waals surface area contributed by atoms with E-state index < -0.39 is 0 Å². The highest BCUT2D eigenvalue weighted by Gasteiger charge is 2.24. The molecule has 0 aliphatic rings. The van der Waals surface area contributed by atoms with Gasteiger partial charge in [0.05, 0.1) is 11.9 Å². The molecule has 0 spiro atoms. The van der Waals surface area contributed by atoms with Gasteiger partial charge in [0.2, 0.25) is 0 Å². The van der Waals surface area contributed by atoms with Gasteiger partial charge in [-0.25, -0.2) is 9.97 Å². The molecule has 110 valence electrons. The van der Waals surface area contributed by atoms with Gasteiger partial charge in [-0.3, -0.25) is 0 Å². The molecule has 0 aromatic carbocycles. The first-order chi connectivity index (χ1) is 9.41. The van der Waals surface area contributed by atoms with Gasteiger partial charge in [0.15, 0.2) is 0 Å². The van der Waals surface area contributed by atoms with Crippen molar-refractivity contribution in [1.82, 2.24) is 15.3 Å². The number of nitrogens with zero attached hydrogens (tertiary/aromatic N) is 2. The quantitative estimate of drug-likeness (QED) is 0.868. The van der Waals surface area contributed by atoms with Crippen LogP contribution >= 0.6 is 34.3 Å². The number of halogens is 1. The van der Waals surface area contributed by atoms with Crippen LogP contribution in [0, 0.1) is 0 Å². The largest absolute Gasteiger partial charge is 0.302 e. The zero-order chi connectivity index (χ0) is 14.8. The predicted octanol–water partition coefficient (Wildman–Crippen LogP) is 4.64. The van der Waals surface area contributed by atoms with E-state index in [2.05, 4.69) is 43.4 Å². The molecule has 6 heteroatoms. The van der Waals surface area contributed by atoms with E-state index in [4.69, 9.17) is 16.6 Å². The van der Waals surface area contributed by atoms with Crippen molar-refractivity contribution < 1.29 is 0 Å². The molecule has 0 saturated carbocycles. The molecule has 2 rings (SSSR count). The molecule has 1 N–H and O–H groups in total. The average molecular weight is 330 g/mol. The summed E-state index contributed by atoms with van der Waals surface area (Å²) in [6, 6.07) is 0.0496. The van der Waals surface area contributed by atoms with Crippen LogP contribution in [0.5, 0.6) is 0 Å². The summed E-state index contributed by atoms with van der Waals surface area (Å²) in [5.41, 5.74) is 1.20. The molecule has 0 bridgehead atoms. The lowest BCUT2D eigenvalue weighted by Crippen LogP contribution is -2.23. The highest BCUT2D eigenvalue weighted by atomic mass is 35.5. The van der Waals surface area contributed by atoms with E-state index in [9.17, 15) is 0 Å². The van der Waals surface area contributed by atoms with Crippen LogP contribution in [0.3, 0.4) is 0 Å². The smallest absolute Gasteiger partial charge is 0.118 e. The summed E-state index contributed by atoms with van der Waals surface area (Å²) < 4.78 is 0.718. The average Bonchev–Trinajstić information content (AvgIpc) is 2.99. The van der Waals surface area contributed by atoms with Crippen molar-refractivity contribution in [2.75, 3.05) is 6.54 Å². The highest BCUT2D eigenvalue weighted by molar-refractivity contribution is 7.16. The van der Waals surface area contributed by atoms with Crippen LogP contribution in [0.4, 0.5) is 0 Å². The second kappa shape index (κ2) is 6.52. The zero-order valence-corrected chi connectivity index (χ0v) is 14.6. The van der Waals surface area contributed by atoms with Gasteiger partial charge in [-0.15, -0.1) is 22.7 Å². The topological polar surface area (TPSA) is 37.8 Å². The Morgan fingerprint density at radius 3 is 2.60 bits per heavy atom. The molecule has 1 unspecified atom stereocenters.